The molecule has 0 aliphatic rings. The number of halogens is 1. The van der Waals surface area contributed by atoms with Gasteiger partial charge in [0.05, 0.1) is 5.75 Å². The van der Waals surface area contributed by atoms with Crippen molar-refractivity contribution in [2.45, 2.75) is 58.5 Å². The van der Waals surface area contributed by atoms with E-state index in [0.717, 1.165) is 16.9 Å². The largest absolute Gasteiger partial charge is 0.350 e. The van der Waals surface area contributed by atoms with Crippen molar-refractivity contribution in [2.24, 2.45) is 0 Å². The van der Waals surface area contributed by atoms with Gasteiger partial charge in [0.1, 0.15) is 11.9 Å². The fourth-order valence-corrected chi connectivity index (χ4v) is 3.74. The highest BCUT2D eigenvalue weighted by Crippen LogP contribution is 2.17. The number of hydrogen-bond donors (Lipinski definition) is 1. The van der Waals surface area contributed by atoms with Gasteiger partial charge in [-0.05, 0) is 57.9 Å². The number of nitrogens with zero attached hydrogens (tertiary/aromatic N) is 1. The first-order valence-electron chi connectivity index (χ1n) is 10.0. The van der Waals surface area contributed by atoms with Crippen molar-refractivity contribution in [3.05, 3.63) is 71.0 Å². The number of amides is 2. The summed E-state index contributed by atoms with van der Waals surface area (Å²) in [4.78, 5) is 27.3. The summed E-state index contributed by atoms with van der Waals surface area (Å²) >= 11 is 1.52. The molecule has 2 amide bonds. The molecule has 0 aliphatic heterocycles. The van der Waals surface area contributed by atoms with Gasteiger partial charge in [0.2, 0.25) is 11.8 Å². The van der Waals surface area contributed by atoms with Gasteiger partial charge >= 0.3 is 0 Å². The molecular formula is C24H31FN2O2S. The van der Waals surface area contributed by atoms with Crippen LogP contribution in [0.25, 0.3) is 0 Å². The summed E-state index contributed by atoms with van der Waals surface area (Å²) < 4.78 is 13.3. The molecule has 30 heavy (non-hydrogen) atoms. The molecule has 6 heteroatoms. The van der Waals surface area contributed by atoms with E-state index < -0.39 is 11.6 Å². The Morgan fingerprint density at radius 3 is 2.17 bits per heavy atom. The summed E-state index contributed by atoms with van der Waals surface area (Å²) in [7, 11) is 0. The molecule has 162 valence electrons. The van der Waals surface area contributed by atoms with E-state index in [9.17, 15) is 14.0 Å². The van der Waals surface area contributed by atoms with E-state index in [1.807, 2.05) is 27.7 Å². The molecule has 0 saturated heterocycles. The topological polar surface area (TPSA) is 49.4 Å². The summed E-state index contributed by atoms with van der Waals surface area (Å²) in [6.45, 7) is 9.73. The fraction of sp³-hybridized carbons (Fsp3) is 0.417. The van der Waals surface area contributed by atoms with Crippen molar-refractivity contribution in [3.8, 4) is 0 Å². The van der Waals surface area contributed by atoms with Crippen LogP contribution in [0.15, 0.2) is 48.5 Å². The molecule has 0 fully saturated rings. The van der Waals surface area contributed by atoms with Crippen LogP contribution in [0.5, 0.6) is 0 Å². The third-order valence-electron chi connectivity index (χ3n) is 4.55. The lowest BCUT2D eigenvalue weighted by Gasteiger charge is -2.31. The van der Waals surface area contributed by atoms with Gasteiger partial charge in [-0.3, -0.25) is 9.59 Å². The predicted octanol–water partition coefficient (Wildman–Crippen LogP) is 4.70. The van der Waals surface area contributed by atoms with Crippen molar-refractivity contribution >= 4 is 23.6 Å². The maximum absolute atomic E-state index is 13.3. The summed E-state index contributed by atoms with van der Waals surface area (Å²) in [5, 5.41) is 2.94. The quantitative estimate of drug-likeness (QED) is 0.660. The van der Waals surface area contributed by atoms with E-state index in [-0.39, 0.29) is 29.9 Å². The Hall–Kier alpha value is -2.34. The van der Waals surface area contributed by atoms with E-state index in [1.165, 1.54) is 29.5 Å². The molecule has 1 unspecified atom stereocenters. The van der Waals surface area contributed by atoms with Crippen LogP contribution in [0.4, 0.5) is 4.39 Å². The van der Waals surface area contributed by atoms with Gasteiger partial charge < -0.3 is 10.2 Å². The first-order chi connectivity index (χ1) is 14.0. The van der Waals surface area contributed by atoms with Crippen molar-refractivity contribution in [1.29, 1.82) is 0 Å². The van der Waals surface area contributed by atoms with Crippen LogP contribution >= 0.6 is 11.8 Å². The van der Waals surface area contributed by atoms with Gasteiger partial charge in [-0.25, -0.2) is 4.39 Å². The lowest BCUT2D eigenvalue weighted by molar-refractivity contribution is -0.139. The molecule has 1 atom stereocenters. The molecule has 2 aromatic carbocycles. The molecular weight excluding hydrogens is 399 g/mol. The van der Waals surface area contributed by atoms with Gasteiger partial charge in [0.15, 0.2) is 0 Å². The van der Waals surface area contributed by atoms with Crippen molar-refractivity contribution in [2.75, 3.05) is 5.75 Å². The summed E-state index contributed by atoms with van der Waals surface area (Å²) in [5.41, 5.74) is 2.74. The molecule has 2 rings (SSSR count). The molecule has 0 heterocycles. The van der Waals surface area contributed by atoms with Crippen LogP contribution in [0, 0.1) is 12.7 Å². The summed E-state index contributed by atoms with van der Waals surface area (Å²) in [6.07, 6.45) is 0. The van der Waals surface area contributed by atoms with Crippen molar-refractivity contribution in [1.82, 2.24) is 10.2 Å². The maximum atomic E-state index is 13.3. The third-order valence-corrected chi connectivity index (χ3v) is 5.54. The van der Waals surface area contributed by atoms with Crippen LogP contribution in [-0.2, 0) is 21.9 Å². The molecule has 0 aliphatic carbocycles. The summed E-state index contributed by atoms with van der Waals surface area (Å²) in [5.74, 6) is 0.333. The fourth-order valence-electron chi connectivity index (χ4n) is 2.87. The minimum atomic E-state index is -0.637. The second-order valence-electron chi connectivity index (χ2n) is 8.54. The number of carbonyl (C=O) groups is 2. The standard InChI is InChI=1S/C24H31FN2O2S/c1-17-6-8-20(9-7-17)15-30-16-22(28)27(14-19-10-12-21(25)13-11-19)18(2)23(29)26-24(3,4)5/h6-13,18H,14-16H2,1-5H3,(H,26,29). The first kappa shape index (κ1) is 23.9. The van der Waals surface area contributed by atoms with Gasteiger partial charge in [0.25, 0.3) is 0 Å². The van der Waals surface area contributed by atoms with Gasteiger partial charge in [0, 0.05) is 17.8 Å². The zero-order valence-corrected chi connectivity index (χ0v) is 19.2. The molecule has 0 spiro atoms. The second kappa shape index (κ2) is 10.6. The average Bonchev–Trinajstić information content (AvgIpc) is 2.67. The SMILES string of the molecule is Cc1ccc(CSCC(=O)N(Cc2ccc(F)cc2)C(C)C(=O)NC(C)(C)C)cc1. The van der Waals surface area contributed by atoms with Crippen LogP contribution in [-0.4, -0.2) is 34.0 Å². The number of rotatable bonds is 8. The minimum Gasteiger partial charge on any atom is -0.350 e. The molecule has 1 N–H and O–H groups in total. The first-order valence-corrected chi connectivity index (χ1v) is 11.2. The number of carbonyl (C=O) groups excluding carboxylic acids is 2. The van der Waals surface area contributed by atoms with Crippen molar-refractivity contribution < 1.29 is 14.0 Å². The van der Waals surface area contributed by atoms with E-state index in [2.05, 4.69) is 29.6 Å². The number of nitrogens with one attached hydrogen (secondary N) is 1. The molecule has 0 saturated carbocycles. The number of aryl methyl sites for hydroxylation is 1. The van der Waals surface area contributed by atoms with Crippen molar-refractivity contribution in [3.63, 3.8) is 0 Å². The monoisotopic (exact) mass is 430 g/mol. The van der Waals surface area contributed by atoms with E-state index >= 15 is 0 Å². The van der Waals surface area contributed by atoms with Crippen LogP contribution < -0.4 is 5.32 Å². The smallest absolute Gasteiger partial charge is 0.242 e. The lowest BCUT2D eigenvalue weighted by Crippen LogP contribution is -2.52. The highest BCUT2D eigenvalue weighted by Gasteiger charge is 2.28. The van der Waals surface area contributed by atoms with Crippen LogP contribution in [0.2, 0.25) is 0 Å². The molecule has 4 nitrogen and oxygen atoms in total. The normalized spacial score (nSPS) is 12.3. The lowest BCUT2D eigenvalue weighted by atomic mass is 10.1. The Bertz CT molecular complexity index is 845. The second-order valence-corrected chi connectivity index (χ2v) is 9.53. The number of benzene rings is 2. The summed E-state index contributed by atoms with van der Waals surface area (Å²) in [6, 6.07) is 13.6. The Kier molecular flexibility index (Phi) is 8.47. The van der Waals surface area contributed by atoms with Gasteiger partial charge in [-0.1, -0.05) is 42.0 Å². The van der Waals surface area contributed by atoms with E-state index in [4.69, 9.17) is 0 Å². The highest BCUT2D eigenvalue weighted by molar-refractivity contribution is 7.99. The Morgan fingerprint density at radius 1 is 1.03 bits per heavy atom. The average molecular weight is 431 g/mol. The third kappa shape index (κ3) is 7.82. The van der Waals surface area contributed by atoms with E-state index in [1.54, 1.807) is 24.0 Å². The van der Waals surface area contributed by atoms with Gasteiger partial charge in [-0.2, -0.15) is 0 Å². The molecule has 0 radical (unpaired) electrons. The Balaban J connectivity index is 2.08. The molecule has 0 bridgehead atoms. The Labute approximate surface area is 183 Å². The molecule has 2 aromatic rings. The zero-order chi connectivity index (χ0) is 22.3. The minimum absolute atomic E-state index is 0.118. The predicted molar refractivity (Wildman–Crippen MR) is 122 cm³/mol. The van der Waals surface area contributed by atoms with E-state index in [0.29, 0.717) is 0 Å². The number of thioether (sulfide) groups is 1. The maximum Gasteiger partial charge on any atom is 0.242 e. The number of hydrogen-bond acceptors (Lipinski definition) is 3. The molecule has 0 aromatic heterocycles. The van der Waals surface area contributed by atoms with Gasteiger partial charge in [-0.15, -0.1) is 11.8 Å². The van der Waals surface area contributed by atoms with Crippen LogP contribution in [0.1, 0.15) is 44.4 Å². The highest BCUT2D eigenvalue weighted by atomic mass is 32.2. The Morgan fingerprint density at radius 2 is 1.60 bits per heavy atom. The van der Waals surface area contributed by atoms with Crippen LogP contribution in [0.3, 0.4) is 0 Å². The zero-order valence-electron chi connectivity index (χ0n) is 18.4.